The third kappa shape index (κ3) is 3.65. The lowest BCUT2D eigenvalue weighted by Crippen LogP contribution is -2.49. The number of pyridine rings is 1. The van der Waals surface area contributed by atoms with Gasteiger partial charge in [0.2, 0.25) is 5.91 Å². The Bertz CT molecular complexity index is 901. The van der Waals surface area contributed by atoms with Crippen LogP contribution in [0.15, 0.2) is 42.6 Å². The van der Waals surface area contributed by atoms with Gasteiger partial charge in [-0.1, -0.05) is 0 Å². The van der Waals surface area contributed by atoms with E-state index < -0.39 is 5.91 Å². The minimum Gasteiger partial charge on any atom is -0.497 e. The minimum atomic E-state index is -0.428. The molecule has 0 atom stereocenters. The molecule has 8 nitrogen and oxygen atoms in total. The first-order valence-corrected chi connectivity index (χ1v) is 9.56. The lowest BCUT2D eigenvalue weighted by molar-refractivity contribution is -0.131. The number of ether oxygens (including phenoxy) is 1. The van der Waals surface area contributed by atoms with Crippen LogP contribution in [0.25, 0.3) is 0 Å². The second-order valence-electron chi connectivity index (χ2n) is 6.98. The summed E-state index contributed by atoms with van der Waals surface area (Å²) in [6, 6.07) is 11.1. The van der Waals surface area contributed by atoms with E-state index in [1.54, 1.807) is 24.1 Å². The van der Waals surface area contributed by atoms with E-state index in [-0.39, 0.29) is 30.5 Å². The number of aromatic nitrogens is 1. The van der Waals surface area contributed by atoms with Crippen molar-refractivity contribution in [3.63, 3.8) is 0 Å². The van der Waals surface area contributed by atoms with Crippen molar-refractivity contribution in [2.75, 3.05) is 44.7 Å². The van der Waals surface area contributed by atoms with Crippen LogP contribution < -0.4 is 9.64 Å². The van der Waals surface area contributed by atoms with Crippen LogP contribution in [0.5, 0.6) is 5.75 Å². The van der Waals surface area contributed by atoms with E-state index in [1.165, 1.54) is 6.20 Å². The molecule has 150 valence electrons. The van der Waals surface area contributed by atoms with Crippen LogP contribution in [-0.2, 0) is 4.79 Å². The van der Waals surface area contributed by atoms with E-state index in [1.807, 2.05) is 24.3 Å². The average Bonchev–Trinajstić information content (AvgIpc) is 3.02. The number of benzene rings is 1. The van der Waals surface area contributed by atoms with Gasteiger partial charge in [-0.05, 0) is 36.4 Å². The van der Waals surface area contributed by atoms with E-state index in [0.29, 0.717) is 18.7 Å². The SMILES string of the molecule is COc1ccc(N2CCN(C(=O)CCN3C(=O)c4cccnc4C3=O)CC2)cc1. The number of carbonyl (C=O) groups is 3. The molecular weight excluding hydrogens is 372 g/mol. The van der Waals surface area contributed by atoms with Gasteiger partial charge in [-0.2, -0.15) is 0 Å². The molecule has 2 aliphatic rings. The van der Waals surface area contributed by atoms with Gasteiger partial charge >= 0.3 is 0 Å². The normalized spacial score (nSPS) is 16.2. The van der Waals surface area contributed by atoms with E-state index in [2.05, 4.69) is 9.88 Å². The molecule has 3 amide bonds. The number of piperazine rings is 1. The van der Waals surface area contributed by atoms with Gasteiger partial charge in [0.05, 0.1) is 12.7 Å². The molecule has 1 aromatic carbocycles. The summed E-state index contributed by atoms with van der Waals surface area (Å²) in [6.45, 7) is 2.75. The molecule has 0 bridgehead atoms. The molecule has 0 saturated carbocycles. The fraction of sp³-hybridized carbons (Fsp3) is 0.333. The van der Waals surface area contributed by atoms with Gasteiger partial charge in [-0.3, -0.25) is 24.3 Å². The van der Waals surface area contributed by atoms with Gasteiger partial charge in [-0.25, -0.2) is 0 Å². The standard InChI is InChI=1S/C21H22N4O4/c1-29-16-6-4-15(5-7-16)23-11-13-24(14-12-23)18(26)8-10-25-20(27)17-3-2-9-22-19(17)21(25)28/h2-7,9H,8,10-14H2,1H3. The van der Waals surface area contributed by atoms with Crippen LogP contribution in [0.3, 0.4) is 0 Å². The summed E-state index contributed by atoms with van der Waals surface area (Å²) in [7, 11) is 1.64. The van der Waals surface area contributed by atoms with Crippen LogP contribution in [0.2, 0.25) is 0 Å². The molecule has 29 heavy (non-hydrogen) atoms. The van der Waals surface area contributed by atoms with Crippen LogP contribution in [0.1, 0.15) is 27.3 Å². The maximum atomic E-state index is 12.6. The van der Waals surface area contributed by atoms with Gasteiger partial charge < -0.3 is 14.5 Å². The second-order valence-corrected chi connectivity index (χ2v) is 6.98. The molecule has 1 saturated heterocycles. The second kappa shape index (κ2) is 7.90. The molecular formula is C21H22N4O4. The maximum absolute atomic E-state index is 12.6. The van der Waals surface area contributed by atoms with E-state index >= 15 is 0 Å². The summed E-state index contributed by atoms with van der Waals surface area (Å²) in [4.78, 5) is 46.4. The summed E-state index contributed by atoms with van der Waals surface area (Å²) < 4.78 is 5.18. The average molecular weight is 394 g/mol. The van der Waals surface area contributed by atoms with Gasteiger partial charge in [0, 0.05) is 51.0 Å². The van der Waals surface area contributed by atoms with Crippen LogP contribution in [0.4, 0.5) is 5.69 Å². The Balaban J connectivity index is 1.29. The highest BCUT2D eigenvalue weighted by atomic mass is 16.5. The first kappa shape index (κ1) is 18.9. The van der Waals surface area contributed by atoms with E-state index in [9.17, 15) is 14.4 Å². The van der Waals surface area contributed by atoms with Crippen LogP contribution in [-0.4, -0.2) is 72.3 Å². The van der Waals surface area contributed by atoms with E-state index in [4.69, 9.17) is 4.74 Å². The highest BCUT2D eigenvalue weighted by Crippen LogP contribution is 2.22. The highest BCUT2D eigenvalue weighted by molar-refractivity contribution is 6.20. The number of hydrogen-bond acceptors (Lipinski definition) is 6. The molecule has 2 aromatic rings. The van der Waals surface area contributed by atoms with Gasteiger partial charge in [0.15, 0.2) is 0 Å². The Morgan fingerprint density at radius 2 is 1.76 bits per heavy atom. The van der Waals surface area contributed by atoms with Crippen molar-refractivity contribution in [2.45, 2.75) is 6.42 Å². The number of anilines is 1. The molecule has 1 aromatic heterocycles. The minimum absolute atomic E-state index is 0.0519. The Kier molecular flexibility index (Phi) is 5.16. The number of carbonyl (C=O) groups excluding carboxylic acids is 3. The summed E-state index contributed by atoms with van der Waals surface area (Å²) >= 11 is 0. The smallest absolute Gasteiger partial charge is 0.280 e. The lowest BCUT2D eigenvalue weighted by atomic mass is 10.2. The van der Waals surface area contributed by atoms with Crippen LogP contribution >= 0.6 is 0 Å². The number of fused-ring (bicyclic) bond motifs is 1. The molecule has 0 spiro atoms. The molecule has 0 radical (unpaired) electrons. The van der Waals surface area contributed by atoms with Crippen molar-refractivity contribution < 1.29 is 19.1 Å². The molecule has 0 N–H and O–H groups in total. The summed E-state index contributed by atoms with van der Waals surface area (Å²) in [5.41, 5.74) is 1.56. The zero-order chi connectivity index (χ0) is 20.4. The maximum Gasteiger partial charge on any atom is 0.280 e. The first-order valence-electron chi connectivity index (χ1n) is 9.56. The zero-order valence-corrected chi connectivity index (χ0v) is 16.2. The molecule has 8 heteroatoms. The predicted molar refractivity (Wildman–Crippen MR) is 106 cm³/mol. The topological polar surface area (TPSA) is 83.1 Å². The van der Waals surface area contributed by atoms with Crippen molar-refractivity contribution in [3.05, 3.63) is 53.9 Å². The largest absolute Gasteiger partial charge is 0.497 e. The molecule has 3 heterocycles. The third-order valence-electron chi connectivity index (χ3n) is 5.35. The predicted octanol–water partition coefficient (Wildman–Crippen LogP) is 1.43. The summed E-state index contributed by atoms with van der Waals surface area (Å²) in [5, 5.41) is 0. The Morgan fingerprint density at radius 1 is 1.03 bits per heavy atom. The van der Waals surface area contributed by atoms with Crippen molar-refractivity contribution in [2.24, 2.45) is 0 Å². The van der Waals surface area contributed by atoms with Crippen LogP contribution in [0, 0.1) is 0 Å². The quantitative estimate of drug-likeness (QED) is 0.714. The summed E-state index contributed by atoms with van der Waals surface area (Å²) in [5.74, 6) is -0.0484. The molecule has 4 rings (SSSR count). The Labute approximate surface area is 168 Å². The summed E-state index contributed by atoms with van der Waals surface area (Å²) in [6.07, 6.45) is 1.61. The van der Waals surface area contributed by atoms with Crippen molar-refractivity contribution in [3.8, 4) is 5.75 Å². The van der Waals surface area contributed by atoms with E-state index in [0.717, 1.165) is 29.4 Å². The number of nitrogens with zero attached hydrogens (tertiary/aromatic N) is 4. The van der Waals surface area contributed by atoms with Crippen molar-refractivity contribution >= 4 is 23.4 Å². The lowest BCUT2D eigenvalue weighted by Gasteiger charge is -2.36. The van der Waals surface area contributed by atoms with Crippen molar-refractivity contribution in [1.29, 1.82) is 0 Å². The molecule has 1 fully saturated rings. The first-order chi connectivity index (χ1) is 14.1. The number of amides is 3. The molecule has 0 aliphatic carbocycles. The van der Waals surface area contributed by atoms with Gasteiger partial charge in [-0.15, -0.1) is 0 Å². The fourth-order valence-corrected chi connectivity index (χ4v) is 3.69. The van der Waals surface area contributed by atoms with Crippen molar-refractivity contribution in [1.82, 2.24) is 14.8 Å². The van der Waals surface area contributed by atoms with Gasteiger partial charge in [0.1, 0.15) is 11.4 Å². The zero-order valence-electron chi connectivity index (χ0n) is 16.2. The monoisotopic (exact) mass is 394 g/mol. The van der Waals surface area contributed by atoms with Gasteiger partial charge in [0.25, 0.3) is 11.8 Å². The number of hydrogen-bond donors (Lipinski definition) is 0. The number of methoxy groups -OCH3 is 1. The third-order valence-corrected chi connectivity index (χ3v) is 5.35. The highest BCUT2D eigenvalue weighted by Gasteiger charge is 2.36. The number of imide groups is 1. The Morgan fingerprint density at radius 3 is 2.41 bits per heavy atom. The molecule has 2 aliphatic heterocycles. The Hall–Kier alpha value is -3.42. The molecule has 0 unspecified atom stereocenters. The number of rotatable bonds is 5. The fourth-order valence-electron chi connectivity index (χ4n) is 3.69.